The maximum absolute atomic E-state index is 14.2. The number of nitrogens with zero attached hydrogens (tertiary/aromatic N) is 4. The van der Waals surface area contributed by atoms with Gasteiger partial charge in [-0.2, -0.15) is 0 Å². The third-order valence-electron chi connectivity index (χ3n) is 8.97. The molecule has 3 amide bonds. The summed E-state index contributed by atoms with van der Waals surface area (Å²) in [5, 5.41) is 1.05. The Labute approximate surface area is 276 Å². The third-order valence-corrected chi connectivity index (χ3v) is 10.00. The van der Waals surface area contributed by atoms with Crippen molar-refractivity contribution in [2.24, 2.45) is 0 Å². The fourth-order valence-electron chi connectivity index (χ4n) is 6.39. The molecule has 2 heterocycles. The van der Waals surface area contributed by atoms with Crippen LogP contribution in [-0.2, 0) is 33.7 Å². The molecule has 0 bridgehead atoms. The second kappa shape index (κ2) is 14.8. The lowest BCUT2D eigenvalue weighted by molar-refractivity contribution is -0.140. The van der Waals surface area contributed by atoms with E-state index in [-0.39, 0.29) is 24.3 Å². The number of hydrogen-bond donors (Lipinski definition) is 1. The van der Waals surface area contributed by atoms with E-state index in [9.17, 15) is 18.6 Å². The van der Waals surface area contributed by atoms with Crippen LogP contribution in [0.1, 0.15) is 86.3 Å². The van der Waals surface area contributed by atoms with Crippen LogP contribution in [0.15, 0.2) is 42.0 Å². The maximum Gasteiger partial charge on any atom is 0.264 e. The first kappa shape index (κ1) is 35.1. The highest BCUT2D eigenvalue weighted by Gasteiger charge is 2.32. The maximum atomic E-state index is 14.2. The number of aryl methyl sites for hydroxylation is 1. The molecule has 248 valence electrons. The molecule has 0 aliphatic carbocycles. The molecular formula is C36H49N5O4S. The Bertz CT molecular complexity index is 1680. The summed E-state index contributed by atoms with van der Waals surface area (Å²) >= 11 is -1.67. The minimum absolute atomic E-state index is 0.152. The number of likely N-dealkylation sites (N-methyl/N-ethyl adjacent to an activating group) is 2. The lowest BCUT2D eigenvalue weighted by Crippen LogP contribution is -2.46. The van der Waals surface area contributed by atoms with Gasteiger partial charge in [0.05, 0.1) is 12.2 Å². The van der Waals surface area contributed by atoms with Gasteiger partial charge in [0.25, 0.3) is 11.8 Å². The standard InChI is InChI=1S/C36H49N5O4S/c1-10-13-25(14-11-2)32-30-18-16-26(34(42)37-46(45)39(7)8)21-31(30)41-22-28(36(44)40(9)23(4)35(43)38(5)6)20-27-19-24(12-3)15-17-29(27)33(32)41/h15-21,23,25H,10-14,22H2,1-9H3,(H,37,42)/t23-,46?/m1/s1. The molecule has 1 aliphatic rings. The summed E-state index contributed by atoms with van der Waals surface area (Å²) in [5.74, 6) is -0.526. The summed E-state index contributed by atoms with van der Waals surface area (Å²) < 4.78 is 18.6. The van der Waals surface area contributed by atoms with E-state index in [4.69, 9.17) is 0 Å². The zero-order valence-corrected chi connectivity index (χ0v) is 29.6. The summed E-state index contributed by atoms with van der Waals surface area (Å²) in [5.41, 5.74) is 7.28. The van der Waals surface area contributed by atoms with E-state index in [1.165, 1.54) is 25.2 Å². The zero-order valence-electron chi connectivity index (χ0n) is 28.8. The third kappa shape index (κ3) is 6.98. The van der Waals surface area contributed by atoms with Gasteiger partial charge in [-0.15, -0.1) is 0 Å². The summed E-state index contributed by atoms with van der Waals surface area (Å²) in [6, 6.07) is 11.5. The summed E-state index contributed by atoms with van der Waals surface area (Å²) in [6.45, 7) is 8.55. The molecular weight excluding hydrogens is 598 g/mol. The molecule has 4 rings (SSSR count). The molecule has 0 saturated heterocycles. The first-order chi connectivity index (χ1) is 21.8. The molecule has 0 fully saturated rings. The molecule has 2 aromatic carbocycles. The topological polar surface area (TPSA) is 95.0 Å². The lowest BCUT2D eigenvalue weighted by atomic mass is 9.85. The average Bonchev–Trinajstić information content (AvgIpc) is 3.24. The molecule has 1 aliphatic heterocycles. The number of rotatable bonds is 12. The fraction of sp³-hybridized carbons (Fsp3) is 0.472. The Kier molecular flexibility index (Phi) is 11.3. The monoisotopic (exact) mass is 647 g/mol. The van der Waals surface area contributed by atoms with Crippen molar-refractivity contribution in [2.45, 2.75) is 78.3 Å². The van der Waals surface area contributed by atoms with Gasteiger partial charge in [-0.25, -0.2) is 8.51 Å². The largest absolute Gasteiger partial charge is 0.347 e. The number of aromatic nitrogens is 1. The number of benzene rings is 2. The number of hydrogen-bond acceptors (Lipinski definition) is 4. The zero-order chi connectivity index (χ0) is 33.9. The molecule has 2 atom stereocenters. The number of fused-ring (bicyclic) bond motifs is 5. The Morgan fingerprint density at radius 1 is 0.957 bits per heavy atom. The SMILES string of the molecule is CCCC(CCC)c1c2n(c3cc(C(=O)NS(=O)N(C)C)ccc13)CC(C(=O)N(C)[C@H](C)C(=O)N(C)C)=Cc1cc(CC)ccc1-2. The van der Waals surface area contributed by atoms with Crippen LogP contribution in [0.4, 0.5) is 0 Å². The number of amides is 3. The number of carbonyl (C=O) groups excluding carboxylic acids is 3. The minimum atomic E-state index is -1.67. The highest BCUT2D eigenvalue weighted by Crippen LogP contribution is 2.45. The van der Waals surface area contributed by atoms with Crippen LogP contribution < -0.4 is 4.72 Å². The Balaban J connectivity index is 2.01. The molecule has 10 heteroatoms. The Morgan fingerprint density at radius 3 is 2.22 bits per heavy atom. The molecule has 9 nitrogen and oxygen atoms in total. The molecule has 3 aromatic rings. The smallest absolute Gasteiger partial charge is 0.264 e. The van der Waals surface area contributed by atoms with Gasteiger partial charge in [-0.05, 0) is 67.0 Å². The van der Waals surface area contributed by atoms with E-state index in [1.807, 2.05) is 18.2 Å². The van der Waals surface area contributed by atoms with Crippen LogP contribution in [0.5, 0.6) is 0 Å². The van der Waals surface area contributed by atoms with E-state index >= 15 is 0 Å². The summed E-state index contributed by atoms with van der Waals surface area (Å²) in [7, 11) is 8.33. The summed E-state index contributed by atoms with van der Waals surface area (Å²) in [6.07, 6.45) is 6.92. The van der Waals surface area contributed by atoms with E-state index in [0.29, 0.717) is 11.1 Å². The van der Waals surface area contributed by atoms with Gasteiger partial charge in [0.1, 0.15) is 6.04 Å². The molecule has 0 radical (unpaired) electrons. The van der Waals surface area contributed by atoms with Gasteiger partial charge in [0.2, 0.25) is 5.91 Å². The van der Waals surface area contributed by atoms with Gasteiger partial charge in [-0.1, -0.05) is 57.9 Å². The van der Waals surface area contributed by atoms with E-state index in [1.54, 1.807) is 48.2 Å². The van der Waals surface area contributed by atoms with E-state index in [0.717, 1.165) is 59.8 Å². The van der Waals surface area contributed by atoms with Crippen molar-refractivity contribution in [2.75, 3.05) is 35.2 Å². The van der Waals surface area contributed by atoms with Crippen LogP contribution in [0.2, 0.25) is 0 Å². The van der Waals surface area contributed by atoms with E-state index in [2.05, 4.69) is 48.3 Å². The first-order valence-electron chi connectivity index (χ1n) is 16.2. The van der Waals surface area contributed by atoms with Gasteiger partial charge in [-0.3, -0.25) is 19.1 Å². The molecule has 0 saturated carbocycles. The van der Waals surface area contributed by atoms with Crippen molar-refractivity contribution < 1.29 is 18.6 Å². The van der Waals surface area contributed by atoms with Crippen LogP contribution >= 0.6 is 0 Å². The molecule has 1 N–H and O–H groups in total. The van der Waals surface area contributed by atoms with Gasteiger partial charge < -0.3 is 14.4 Å². The van der Waals surface area contributed by atoms with Gasteiger partial charge in [0.15, 0.2) is 11.2 Å². The Morgan fingerprint density at radius 2 is 1.63 bits per heavy atom. The number of carbonyl (C=O) groups is 3. The quantitative estimate of drug-likeness (QED) is 0.271. The van der Waals surface area contributed by atoms with Crippen molar-refractivity contribution in [3.63, 3.8) is 0 Å². The van der Waals surface area contributed by atoms with Crippen LogP contribution in [0.25, 0.3) is 28.2 Å². The molecule has 0 spiro atoms. The highest BCUT2D eigenvalue weighted by atomic mass is 32.2. The van der Waals surface area contributed by atoms with Crippen molar-refractivity contribution in [1.29, 1.82) is 0 Å². The normalized spacial score (nSPS) is 13.9. The molecule has 1 aromatic heterocycles. The average molecular weight is 648 g/mol. The first-order valence-corrected chi connectivity index (χ1v) is 17.3. The Hall–Kier alpha value is -3.76. The van der Waals surface area contributed by atoms with Crippen molar-refractivity contribution in [1.82, 2.24) is 23.4 Å². The fourth-order valence-corrected chi connectivity index (χ4v) is 6.85. The van der Waals surface area contributed by atoms with Crippen LogP contribution in [0, 0.1) is 0 Å². The predicted octanol–water partition coefficient (Wildman–Crippen LogP) is 5.76. The highest BCUT2D eigenvalue weighted by molar-refractivity contribution is 7.81. The lowest BCUT2D eigenvalue weighted by Gasteiger charge is -2.27. The summed E-state index contributed by atoms with van der Waals surface area (Å²) in [4.78, 5) is 43.3. The molecule has 1 unspecified atom stereocenters. The second-order valence-corrected chi connectivity index (χ2v) is 14.0. The van der Waals surface area contributed by atoms with Crippen molar-refractivity contribution >= 4 is 45.9 Å². The van der Waals surface area contributed by atoms with Crippen molar-refractivity contribution in [3.05, 3.63) is 64.2 Å². The van der Waals surface area contributed by atoms with Crippen LogP contribution in [0.3, 0.4) is 0 Å². The number of nitrogens with one attached hydrogen (secondary N) is 1. The molecule has 46 heavy (non-hydrogen) atoms. The second-order valence-electron chi connectivity index (χ2n) is 12.6. The van der Waals surface area contributed by atoms with E-state index < -0.39 is 23.1 Å². The van der Waals surface area contributed by atoms with Gasteiger partial charge >= 0.3 is 0 Å². The predicted molar refractivity (Wildman–Crippen MR) is 188 cm³/mol. The van der Waals surface area contributed by atoms with Gasteiger partial charge in [0, 0.05) is 62.8 Å². The van der Waals surface area contributed by atoms with Crippen LogP contribution in [-0.4, -0.2) is 81.9 Å². The minimum Gasteiger partial charge on any atom is -0.347 e. The van der Waals surface area contributed by atoms with Crippen molar-refractivity contribution in [3.8, 4) is 11.3 Å².